The maximum Gasteiger partial charge on any atom is 0.417 e. The summed E-state index contributed by atoms with van der Waals surface area (Å²) in [5.41, 5.74) is 1.08. The van der Waals surface area contributed by atoms with E-state index in [2.05, 4.69) is 20.1 Å². The van der Waals surface area contributed by atoms with E-state index in [0.717, 1.165) is 48.0 Å². The van der Waals surface area contributed by atoms with Crippen LogP contribution in [0.2, 0.25) is 0 Å². The number of carbonyl (C=O) groups is 1. The van der Waals surface area contributed by atoms with Crippen LogP contribution in [0.1, 0.15) is 92.0 Å². The number of piperidine rings is 1. The number of halogens is 3. The van der Waals surface area contributed by atoms with Gasteiger partial charge >= 0.3 is 6.18 Å². The monoisotopic (exact) mass is 715 g/mol. The molecule has 3 aliphatic carbocycles. The molecule has 2 N–H and O–H groups in total. The van der Waals surface area contributed by atoms with Gasteiger partial charge in [-0.15, -0.1) is 0 Å². The highest BCUT2D eigenvalue weighted by Crippen LogP contribution is 2.48. The Morgan fingerprint density at radius 3 is 2.51 bits per heavy atom. The Bertz CT molecular complexity index is 2020. The minimum absolute atomic E-state index is 0.0296. The molecule has 0 spiro atoms. The third-order valence-electron chi connectivity index (χ3n) is 9.76. The van der Waals surface area contributed by atoms with Gasteiger partial charge in [-0.3, -0.25) is 4.79 Å². The number of rotatable bonds is 11. The topological polar surface area (TPSA) is 127 Å². The zero-order valence-corrected chi connectivity index (χ0v) is 28.6. The van der Waals surface area contributed by atoms with Crippen molar-refractivity contribution in [1.82, 2.24) is 20.2 Å². The van der Waals surface area contributed by atoms with Crippen LogP contribution >= 0.6 is 11.3 Å². The van der Waals surface area contributed by atoms with E-state index in [4.69, 9.17) is 14.2 Å². The minimum Gasteiger partial charge on any atom is -0.489 e. The summed E-state index contributed by atoms with van der Waals surface area (Å²) < 4.78 is 81.2. The van der Waals surface area contributed by atoms with Crippen LogP contribution in [0.3, 0.4) is 0 Å². The molecule has 9 rings (SSSR count). The number of nitrogens with one attached hydrogen (secondary N) is 2. The lowest BCUT2D eigenvalue weighted by Crippen LogP contribution is -2.64. The lowest BCUT2D eigenvalue weighted by Gasteiger charge is -2.55. The van der Waals surface area contributed by atoms with Gasteiger partial charge in [0.05, 0.1) is 21.6 Å². The highest BCUT2D eigenvalue weighted by molar-refractivity contribution is 7.91. The summed E-state index contributed by atoms with van der Waals surface area (Å²) in [6.07, 6.45) is 0.921. The quantitative estimate of drug-likeness (QED) is 0.173. The molecule has 2 saturated heterocycles. The highest BCUT2D eigenvalue weighted by atomic mass is 32.2. The number of alkyl halides is 3. The smallest absolute Gasteiger partial charge is 0.417 e. The third kappa shape index (κ3) is 6.29. The largest absolute Gasteiger partial charge is 0.489 e. The molecule has 5 fully saturated rings. The molecule has 2 aromatic heterocycles. The van der Waals surface area contributed by atoms with Crippen LogP contribution in [0.25, 0.3) is 21.5 Å². The number of thiazole rings is 1. The third-order valence-corrected chi connectivity index (χ3v) is 12.6. The van der Waals surface area contributed by atoms with E-state index < -0.39 is 32.9 Å². The zero-order valence-electron chi connectivity index (χ0n) is 26.9. The van der Waals surface area contributed by atoms with Gasteiger partial charge in [-0.2, -0.15) is 13.2 Å². The van der Waals surface area contributed by atoms with Gasteiger partial charge in [-0.05, 0) is 77.0 Å². The number of hydrogen-bond donors (Lipinski definition) is 2. The molecule has 2 aromatic carbocycles. The fraction of sp³-hybridized carbons (Fsp3) is 0.500. The van der Waals surface area contributed by atoms with Crippen molar-refractivity contribution in [1.29, 1.82) is 0 Å². The zero-order chi connectivity index (χ0) is 34.2. The van der Waals surface area contributed by atoms with Gasteiger partial charge in [-0.1, -0.05) is 34.7 Å². The van der Waals surface area contributed by atoms with Gasteiger partial charge < -0.3 is 19.5 Å². The molecule has 0 radical (unpaired) electrons. The van der Waals surface area contributed by atoms with Gasteiger partial charge in [0.1, 0.15) is 22.7 Å². The van der Waals surface area contributed by atoms with Crippen molar-refractivity contribution in [2.45, 2.75) is 107 Å². The predicted molar refractivity (Wildman–Crippen MR) is 178 cm³/mol. The number of benzene rings is 2. The number of amides is 1. The first-order valence-electron chi connectivity index (χ1n) is 16.7. The van der Waals surface area contributed by atoms with Gasteiger partial charge in [0.2, 0.25) is 10.0 Å². The molecule has 4 aromatic rings. The van der Waals surface area contributed by atoms with Crippen LogP contribution in [-0.4, -0.2) is 53.9 Å². The summed E-state index contributed by atoms with van der Waals surface area (Å²) in [5.74, 6) is 0.602. The van der Waals surface area contributed by atoms with Gasteiger partial charge in [-0.25, -0.2) is 18.1 Å². The summed E-state index contributed by atoms with van der Waals surface area (Å²) in [6.45, 7) is 4.11. The summed E-state index contributed by atoms with van der Waals surface area (Å²) in [7, 11) is -3.71. The summed E-state index contributed by atoms with van der Waals surface area (Å²) in [5, 5.41) is 8.07. The van der Waals surface area contributed by atoms with Crippen LogP contribution in [-0.2, 0) is 22.7 Å². The Kier molecular flexibility index (Phi) is 7.95. The molecule has 260 valence electrons. The van der Waals surface area contributed by atoms with Gasteiger partial charge in [0, 0.05) is 47.3 Å². The number of carbonyl (C=O) groups excluding carboxylic acids is 1. The Balaban J connectivity index is 0.997. The Hall–Kier alpha value is -3.69. The van der Waals surface area contributed by atoms with Crippen LogP contribution in [0.5, 0.6) is 5.75 Å². The number of fused-ring (bicyclic) bond motifs is 3. The van der Waals surface area contributed by atoms with Crippen molar-refractivity contribution >= 4 is 42.6 Å². The number of aromatic nitrogens is 2. The average molecular weight is 716 g/mol. The number of ether oxygens (including phenoxy) is 1. The molecule has 2 unspecified atom stereocenters. The molecule has 15 heteroatoms. The molecule has 10 nitrogen and oxygen atoms in total. The van der Waals surface area contributed by atoms with Crippen molar-refractivity contribution in [2.24, 2.45) is 0 Å². The molecule has 3 saturated carbocycles. The lowest BCUT2D eigenvalue weighted by atomic mass is 9.77. The number of hydrogen-bond acceptors (Lipinski definition) is 10. The SMILES string of the molecule is CC(C)Oc1cc(C(=O)NS(=O)(=O)C2CC2)cc2sc(N3C4CC(NCc5c(-c6ccccc6C(F)(F)F)noc5C5CC5)CC3C4)nc12. The van der Waals surface area contributed by atoms with Crippen molar-refractivity contribution in [3.63, 3.8) is 0 Å². The standard InChI is InChI=1S/C34H36F3N5O5S2/c1-17(2)46-27-11-19(32(43)41-49(44,45)23-9-10-23)12-28-30(27)39-33(48-28)42-21-13-20(14-22(42)15-21)38-16-25-29(40-47-31(25)18-7-8-18)24-5-3-4-6-26(24)34(35,36)37/h3-6,11-12,17-18,20-23,38H,7-10,13-16H2,1-2H3,(H,41,43). The number of nitrogens with zero attached hydrogens (tertiary/aromatic N) is 3. The normalized spacial score (nSPS) is 22.4. The molecule has 2 aliphatic heterocycles. The van der Waals surface area contributed by atoms with E-state index in [1.165, 1.54) is 23.5 Å². The molecule has 1 amide bonds. The van der Waals surface area contributed by atoms with E-state index in [-0.39, 0.29) is 47.0 Å². The second-order valence-electron chi connectivity index (χ2n) is 13.9. The van der Waals surface area contributed by atoms with E-state index in [0.29, 0.717) is 42.0 Å². The average Bonchev–Trinajstić information content (AvgIpc) is 3.98. The highest BCUT2D eigenvalue weighted by Gasteiger charge is 2.47. The van der Waals surface area contributed by atoms with Crippen LogP contribution in [0.4, 0.5) is 18.3 Å². The first kappa shape index (κ1) is 32.5. The van der Waals surface area contributed by atoms with Crippen LogP contribution < -0.4 is 19.7 Å². The second-order valence-corrected chi connectivity index (χ2v) is 16.8. The predicted octanol–water partition coefficient (Wildman–Crippen LogP) is 6.76. The molecule has 4 heterocycles. The van der Waals surface area contributed by atoms with Gasteiger partial charge in [0.25, 0.3) is 5.91 Å². The van der Waals surface area contributed by atoms with Crippen LogP contribution in [0.15, 0.2) is 40.9 Å². The maximum absolute atomic E-state index is 13.9. The first-order chi connectivity index (χ1) is 23.4. The minimum atomic E-state index is -4.51. The Morgan fingerprint density at radius 2 is 1.84 bits per heavy atom. The second kappa shape index (κ2) is 12.0. The molecule has 2 atom stereocenters. The molecule has 5 aliphatic rings. The number of sulfonamides is 1. The first-order valence-corrected chi connectivity index (χ1v) is 19.1. The Labute approximate surface area is 285 Å². The fourth-order valence-electron chi connectivity index (χ4n) is 7.13. The summed E-state index contributed by atoms with van der Waals surface area (Å²) >= 11 is 1.45. The van der Waals surface area contributed by atoms with Crippen molar-refractivity contribution in [2.75, 3.05) is 4.90 Å². The lowest BCUT2D eigenvalue weighted by molar-refractivity contribution is -0.137. The molecular weight excluding hydrogens is 680 g/mol. The molecule has 2 bridgehead atoms. The Morgan fingerprint density at radius 1 is 1.10 bits per heavy atom. The van der Waals surface area contributed by atoms with E-state index in [1.54, 1.807) is 18.2 Å². The van der Waals surface area contributed by atoms with E-state index in [9.17, 15) is 26.4 Å². The fourth-order valence-corrected chi connectivity index (χ4v) is 9.59. The maximum atomic E-state index is 13.9. The molecular formula is C34H36F3N5O5S2. The van der Waals surface area contributed by atoms with Crippen molar-refractivity contribution in [3.05, 3.63) is 58.8 Å². The van der Waals surface area contributed by atoms with Crippen molar-refractivity contribution < 1.29 is 35.6 Å². The van der Waals surface area contributed by atoms with Crippen molar-refractivity contribution in [3.8, 4) is 17.0 Å². The van der Waals surface area contributed by atoms with E-state index in [1.807, 2.05) is 13.8 Å². The number of anilines is 1. The molecule has 49 heavy (non-hydrogen) atoms. The summed E-state index contributed by atoms with van der Waals surface area (Å²) in [6, 6.07) is 9.31. The van der Waals surface area contributed by atoms with Gasteiger partial charge in [0.15, 0.2) is 5.13 Å². The van der Waals surface area contributed by atoms with Crippen LogP contribution in [0, 0.1) is 0 Å². The summed E-state index contributed by atoms with van der Waals surface area (Å²) in [4.78, 5) is 20.3. The van der Waals surface area contributed by atoms with E-state index >= 15 is 0 Å².